The molecule has 0 unspecified atom stereocenters. The molecule has 0 fully saturated rings. The Morgan fingerprint density at radius 1 is 0.385 bits per heavy atom. The Morgan fingerprint density at radius 3 is 1.01 bits per heavy atom. The van der Waals surface area contributed by atoms with Crippen LogP contribution in [0.1, 0.15) is 112 Å². The van der Waals surface area contributed by atoms with Crippen LogP contribution in [0.15, 0.2) is 4.99 Å². The predicted octanol–water partition coefficient (Wildman–Crippen LogP) is -10.9. The lowest BCUT2D eigenvalue weighted by Gasteiger charge is -2.22. The number of aliphatic hydroxyl groups excluding tert-OH is 1. The second kappa shape index (κ2) is 49.7. The van der Waals surface area contributed by atoms with E-state index in [4.69, 9.17) is 33.1 Å². The van der Waals surface area contributed by atoms with Gasteiger partial charge in [-0.1, -0.05) is 13.8 Å². The summed E-state index contributed by atoms with van der Waals surface area (Å²) in [5.74, 6) is -14.1. The number of aliphatic imine (C=N–C) groups is 1. The number of guanidine groups is 1. The summed E-state index contributed by atoms with van der Waals surface area (Å²) in [6.07, 6.45) is 2.28. The minimum atomic E-state index is -1.31. The smallest absolute Gasteiger partial charge is 0.325 e. The van der Waals surface area contributed by atoms with Crippen LogP contribution in [-0.4, -0.2) is 244 Å². The monoisotopic (exact) mass is 1370 g/mol. The summed E-state index contributed by atoms with van der Waals surface area (Å²) < 4.78 is 0. The molecule has 0 bridgehead atoms. The standard InChI is InChI=1S/C56H99N21O19/c1-31(2)21-40(54(94)71-28-47(87)75-38(15-8-11-19-62-34(5)80)51(91)67-22-41(81)64-24-43(83)72-32(3)55(95)96)77-48(88)29-70-52(92)36(13-6-9-17-57)73-44(84)25-65-42(82)23-68-50(90)37(14-7-10-18-61-33(4)79)74-46(86)27-69-53(93)39(16-12-20-63-56(59)60)76-45(85)26-66-49(89)35(58)30-78/h31-32,35-40,78H,6-30,57-58H2,1-5H3,(H,61,79)(H,62,80)(H,64,81)(H,65,82)(H,66,89)(H,67,91)(H,68,90)(H,69,93)(H,70,92)(H,71,94)(H,72,83)(H,73,84)(H,74,86)(H,75,87)(H,76,85)(H,77,88)(H,95,96)(H4,59,60,63)/t32-,35-,36-,37-,38-,39-,40-/m0/s1. The first-order valence-corrected chi connectivity index (χ1v) is 31.1. The Labute approximate surface area is 554 Å². The number of rotatable bonds is 50. The Balaban J connectivity index is 5.78. The van der Waals surface area contributed by atoms with Gasteiger partial charge in [-0.3, -0.25) is 86.5 Å². The van der Waals surface area contributed by atoms with Gasteiger partial charge in [0.2, 0.25) is 94.5 Å². The van der Waals surface area contributed by atoms with Gasteiger partial charge in [0.15, 0.2) is 5.96 Å². The van der Waals surface area contributed by atoms with E-state index in [1.54, 1.807) is 13.8 Å². The maximum atomic E-state index is 13.5. The quantitative estimate of drug-likeness (QED) is 0.0153. The van der Waals surface area contributed by atoms with Crippen molar-refractivity contribution >= 4 is 106 Å². The number of aliphatic hydroxyl groups is 1. The number of carbonyl (C=O) groups is 17. The van der Waals surface area contributed by atoms with Crippen molar-refractivity contribution in [1.82, 2.24) is 85.1 Å². The van der Waals surface area contributed by atoms with Gasteiger partial charge in [0.05, 0.1) is 59.0 Å². The zero-order valence-corrected chi connectivity index (χ0v) is 54.9. The molecule has 96 heavy (non-hydrogen) atoms. The van der Waals surface area contributed by atoms with Crippen LogP contribution in [0.3, 0.4) is 0 Å². The van der Waals surface area contributed by atoms with E-state index in [1.807, 2.05) is 0 Å². The zero-order valence-electron chi connectivity index (χ0n) is 54.9. The Morgan fingerprint density at radius 2 is 0.688 bits per heavy atom. The van der Waals surface area contributed by atoms with Crippen LogP contribution in [0, 0.1) is 5.92 Å². The summed E-state index contributed by atoms with van der Waals surface area (Å²) in [5, 5.41) is 56.3. The van der Waals surface area contributed by atoms with Crippen LogP contribution in [0.2, 0.25) is 0 Å². The van der Waals surface area contributed by atoms with E-state index in [2.05, 4.69) is 90.1 Å². The fourth-order valence-electron chi connectivity index (χ4n) is 8.15. The summed E-state index contributed by atoms with van der Waals surface area (Å²) in [7, 11) is 0. The highest BCUT2D eigenvalue weighted by Gasteiger charge is 2.29. The lowest BCUT2D eigenvalue weighted by molar-refractivity contribution is -0.141. The van der Waals surface area contributed by atoms with Crippen molar-refractivity contribution in [2.24, 2.45) is 33.8 Å². The molecule has 40 heteroatoms. The van der Waals surface area contributed by atoms with Gasteiger partial charge in [-0.15, -0.1) is 0 Å². The van der Waals surface area contributed by atoms with Crippen molar-refractivity contribution < 1.29 is 91.7 Å². The van der Waals surface area contributed by atoms with Crippen LogP contribution in [-0.2, 0) is 81.5 Å². The third-order valence-electron chi connectivity index (χ3n) is 13.2. The van der Waals surface area contributed by atoms with Crippen LogP contribution in [0.5, 0.6) is 0 Å². The highest BCUT2D eigenvalue weighted by atomic mass is 16.4. The molecule has 7 atom stereocenters. The van der Waals surface area contributed by atoms with E-state index < -0.39 is 190 Å². The summed E-state index contributed by atoms with van der Waals surface area (Å²) in [4.78, 5) is 219. The highest BCUT2D eigenvalue weighted by Crippen LogP contribution is 2.07. The summed E-state index contributed by atoms with van der Waals surface area (Å²) in [5.41, 5.74) is 21.8. The molecule has 0 aromatic carbocycles. The van der Waals surface area contributed by atoms with Crippen LogP contribution in [0.25, 0.3) is 0 Å². The first-order chi connectivity index (χ1) is 45.3. The first-order valence-electron chi connectivity index (χ1n) is 31.1. The van der Waals surface area contributed by atoms with Gasteiger partial charge >= 0.3 is 5.97 Å². The summed E-state index contributed by atoms with van der Waals surface area (Å²) in [6.45, 7) is 2.00. The molecule has 0 spiro atoms. The van der Waals surface area contributed by atoms with Crippen molar-refractivity contribution in [3.63, 3.8) is 0 Å². The third kappa shape index (κ3) is 43.1. The van der Waals surface area contributed by atoms with E-state index in [0.717, 1.165) is 0 Å². The molecule has 0 aromatic rings. The molecular weight excluding hydrogens is 1270 g/mol. The number of hydrogen-bond acceptors (Lipinski definition) is 21. The van der Waals surface area contributed by atoms with Crippen molar-refractivity contribution in [2.75, 3.05) is 85.1 Å². The Kier molecular flexibility index (Phi) is 44.6. The van der Waals surface area contributed by atoms with Crippen molar-refractivity contribution in [3.8, 4) is 0 Å². The van der Waals surface area contributed by atoms with Crippen LogP contribution in [0.4, 0.5) is 0 Å². The molecule has 16 amide bonds. The normalized spacial score (nSPS) is 12.8. The maximum absolute atomic E-state index is 13.5. The van der Waals surface area contributed by atoms with Gasteiger partial charge in [0, 0.05) is 33.5 Å². The van der Waals surface area contributed by atoms with Gasteiger partial charge in [-0.05, 0) is 96.4 Å². The fraction of sp³-hybridized carbons (Fsp3) is 0.679. The lowest BCUT2D eigenvalue weighted by Crippen LogP contribution is -2.55. The van der Waals surface area contributed by atoms with Gasteiger partial charge in [-0.25, -0.2) is 0 Å². The molecule has 0 radical (unpaired) electrons. The van der Waals surface area contributed by atoms with Crippen molar-refractivity contribution in [2.45, 2.75) is 154 Å². The molecule has 0 heterocycles. The van der Waals surface area contributed by atoms with E-state index >= 15 is 0 Å². The topological polar surface area (TPSA) is 640 Å². The second-order valence-electron chi connectivity index (χ2n) is 22.2. The highest BCUT2D eigenvalue weighted by molar-refractivity contribution is 5.97. The third-order valence-corrected chi connectivity index (χ3v) is 13.2. The molecule has 0 saturated carbocycles. The number of carboxylic acids is 1. The number of nitrogens with zero attached hydrogens (tertiary/aromatic N) is 1. The number of carbonyl (C=O) groups excluding carboxylic acids is 16. The largest absolute Gasteiger partial charge is 0.480 e. The number of nitrogens with one attached hydrogen (secondary N) is 16. The minimum absolute atomic E-state index is 0.0157. The molecule has 0 aliphatic rings. The van der Waals surface area contributed by atoms with Crippen molar-refractivity contribution in [3.05, 3.63) is 0 Å². The molecule has 542 valence electrons. The fourth-order valence-corrected chi connectivity index (χ4v) is 8.15. The van der Waals surface area contributed by atoms with Crippen LogP contribution < -0.4 is 108 Å². The summed E-state index contributed by atoms with van der Waals surface area (Å²) in [6, 6.07) is -8.90. The van der Waals surface area contributed by atoms with Crippen LogP contribution >= 0.6 is 0 Å². The molecule has 40 nitrogen and oxygen atoms in total. The molecule has 0 aliphatic heterocycles. The number of carboxylic acid groups (broad SMARTS) is 1. The van der Waals surface area contributed by atoms with Gasteiger partial charge in [0.1, 0.15) is 42.3 Å². The predicted molar refractivity (Wildman–Crippen MR) is 341 cm³/mol. The zero-order chi connectivity index (χ0) is 72.7. The molecule has 0 aliphatic carbocycles. The average Bonchev–Trinajstić information content (AvgIpc) is 1.49. The lowest BCUT2D eigenvalue weighted by atomic mass is 10.0. The average molecular weight is 1370 g/mol. The van der Waals surface area contributed by atoms with E-state index in [0.29, 0.717) is 32.1 Å². The van der Waals surface area contributed by atoms with Crippen molar-refractivity contribution in [1.29, 1.82) is 0 Å². The Bertz CT molecular complexity index is 2660. The Hall–Kier alpha value is -9.86. The van der Waals surface area contributed by atoms with Gasteiger partial charge in [0.25, 0.3) is 0 Å². The van der Waals surface area contributed by atoms with E-state index in [9.17, 15) is 81.5 Å². The molecular formula is C56H99N21O19. The maximum Gasteiger partial charge on any atom is 0.325 e. The number of hydrogen-bond donors (Lipinski definition) is 22. The minimum Gasteiger partial charge on any atom is -0.480 e. The first kappa shape index (κ1) is 86.1. The number of unbranched alkanes of at least 4 members (excludes halogenated alkanes) is 3. The SMILES string of the molecule is CC(=O)NCCCC[C@H](NC(=O)CNC(=O)[C@H](CCCN=C(N)N)NC(=O)CNC(=O)[C@@H](N)CO)C(=O)NCC(=O)NCC(=O)N[C@@H](CCCCN)C(=O)NCC(=O)N[C@@H](CC(C)C)C(=O)NCC(=O)N[C@@H](CCCCNC(C)=O)C(=O)NCC(=O)NCC(=O)N[C@@H](C)C(=O)O. The number of nitrogens with two attached hydrogens (primary N) is 4. The van der Waals surface area contributed by atoms with Gasteiger partial charge < -0.3 is 118 Å². The summed E-state index contributed by atoms with van der Waals surface area (Å²) >= 11 is 0. The molecule has 0 rings (SSSR count). The number of aliphatic carboxylic acids is 1. The van der Waals surface area contributed by atoms with E-state index in [1.165, 1.54) is 20.8 Å². The molecule has 0 aromatic heterocycles. The molecule has 26 N–H and O–H groups in total. The van der Waals surface area contributed by atoms with Gasteiger partial charge in [-0.2, -0.15) is 0 Å². The second-order valence-corrected chi connectivity index (χ2v) is 22.2. The number of amides is 16. The van der Waals surface area contributed by atoms with E-state index in [-0.39, 0.29) is 94.8 Å². The molecule has 0 saturated heterocycles.